The van der Waals surface area contributed by atoms with Crippen molar-refractivity contribution in [1.29, 1.82) is 0 Å². The van der Waals surface area contributed by atoms with Crippen molar-refractivity contribution in [2.75, 3.05) is 0 Å². The first-order valence-corrected chi connectivity index (χ1v) is 7.29. The summed E-state index contributed by atoms with van der Waals surface area (Å²) in [6.45, 7) is 1.66. The molecule has 5 heteroatoms. The SMILES string of the molecule is Cc1nc(-c2cc3c(s2)CCCCC3)oc1C(=O)O. The number of aromatic carboxylic acids is 1. The van der Waals surface area contributed by atoms with E-state index in [0.29, 0.717) is 11.6 Å². The van der Waals surface area contributed by atoms with E-state index in [1.165, 1.54) is 29.7 Å². The summed E-state index contributed by atoms with van der Waals surface area (Å²) in [6, 6.07) is 2.11. The van der Waals surface area contributed by atoms with Crippen molar-refractivity contribution < 1.29 is 14.3 Å². The molecule has 0 atom stereocenters. The van der Waals surface area contributed by atoms with E-state index in [1.54, 1.807) is 18.3 Å². The number of thiophene rings is 1. The maximum atomic E-state index is 11.0. The van der Waals surface area contributed by atoms with Crippen LogP contribution in [0.15, 0.2) is 10.5 Å². The Morgan fingerprint density at radius 2 is 2.16 bits per heavy atom. The summed E-state index contributed by atoms with van der Waals surface area (Å²) >= 11 is 1.69. The van der Waals surface area contributed by atoms with Crippen LogP contribution in [0.3, 0.4) is 0 Å². The first-order valence-electron chi connectivity index (χ1n) is 6.48. The molecule has 4 nitrogen and oxygen atoms in total. The van der Waals surface area contributed by atoms with E-state index in [4.69, 9.17) is 9.52 Å². The molecule has 1 aliphatic carbocycles. The number of nitrogens with zero attached hydrogens (tertiary/aromatic N) is 1. The molecule has 0 amide bonds. The number of carboxylic acid groups (broad SMARTS) is 1. The van der Waals surface area contributed by atoms with Crippen LogP contribution >= 0.6 is 11.3 Å². The van der Waals surface area contributed by atoms with Crippen molar-refractivity contribution in [3.8, 4) is 10.8 Å². The van der Waals surface area contributed by atoms with Crippen LogP contribution in [-0.2, 0) is 12.8 Å². The molecule has 3 rings (SSSR count). The summed E-state index contributed by atoms with van der Waals surface area (Å²) < 4.78 is 5.37. The summed E-state index contributed by atoms with van der Waals surface area (Å²) in [6.07, 6.45) is 5.98. The largest absolute Gasteiger partial charge is 0.475 e. The molecule has 100 valence electrons. The average Bonchev–Trinajstić information content (AvgIpc) is 2.88. The van der Waals surface area contributed by atoms with E-state index in [2.05, 4.69) is 11.1 Å². The Kier molecular flexibility index (Phi) is 3.14. The molecule has 2 heterocycles. The van der Waals surface area contributed by atoms with Crippen molar-refractivity contribution in [2.45, 2.75) is 39.0 Å². The molecule has 0 unspecified atom stereocenters. The number of hydrogen-bond acceptors (Lipinski definition) is 4. The van der Waals surface area contributed by atoms with Gasteiger partial charge in [-0.25, -0.2) is 9.78 Å². The second-order valence-corrected chi connectivity index (χ2v) is 6.00. The number of fused-ring (bicyclic) bond motifs is 1. The Balaban J connectivity index is 1.98. The summed E-state index contributed by atoms with van der Waals surface area (Å²) in [4.78, 5) is 17.6. The number of carboxylic acids is 1. The van der Waals surface area contributed by atoms with E-state index in [9.17, 15) is 4.79 Å². The van der Waals surface area contributed by atoms with Gasteiger partial charge in [0.15, 0.2) is 0 Å². The van der Waals surface area contributed by atoms with Gasteiger partial charge >= 0.3 is 5.97 Å². The molecule has 0 spiro atoms. The van der Waals surface area contributed by atoms with Crippen LogP contribution in [0.4, 0.5) is 0 Å². The maximum absolute atomic E-state index is 11.0. The van der Waals surface area contributed by atoms with Crippen molar-refractivity contribution >= 4 is 17.3 Å². The predicted molar refractivity (Wildman–Crippen MR) is 72.8 cm³/mol. The maximum Gasteiger partial charge on any atom is 0.373 e. The van der Waals surface area contributed by atoms with Crippen molar-refractivity contribution in [3.63, 3.8) is 0 Å². The van der Waals surface area contributed by atoms with Gasteiger partial charge in [-0.1, -0.05) is 6.42 Å². The standard InChI is InChI=1S/C14H15NO3S/c1-8-12(14(16)17)18-13(15-8)11-7-9-5-3-2-4-6-10(9)19-11/h7H,2-6H2,1H3,(H,16,17). The number of aromatic nitrogens is 1. The highest BCUT2D eigenvalue weighted by Crippen LogP contribution is 2.35. The van der Waals surface area contributed by atoms with E-state index in [0.717, 1.165) is 17.7 Å². The Morgan fingerprint density at radius 3 is 2.89 bits per heavy atom. The zero-order chi connectivity index (χ0) is 13.4. The Hall–Kier alpha value is -1.62. The summed E-state index contributed by atoms with van der Waals surface area (Å²) in [7, 11) is 0. The Labute approximate surface area is 115 Å². The Bertz CT molecular complexity index is 603. The molecule has 19 heavy (non-hydrogen) atoms. The van der Waals surface area contributed by atoms with Crippen molar-refractivity contribution in [3.05, 3.63) is 28.0 Å². The van der Waals surface area contributed by atoms with Crippen LogP contribution in [0.5, 0.6) is 0 Å². The molecule has 2 aromatic heterocycles. The van der Waals surface area contributed by atoms with Crippen LogP contribution < -0.4 is 0 Å². The highest BCUT2D eigenvalue weighted by atomic mass is 32.1. The minimum Gasteiger partial charge on any atom is -0.475 e. The molecule has 0 radical (unpaired) electrons. The Morgan fingerprint density at radius 1 is 1.37 bits per heavy atom. The predicted octanol–water partition coefficient (Wildman–Crippen LogP) is 3.68. The van der Waals surface area contributed by atoms with Crippen LogP contribution in [0.2, 0.25) is 0 Å². The lowest BCUT2D eigenvalue weighted by molar-refractivity contribution is 0.0662. The number of carbonyl (C=O) groups is 1. The third kappa shape index (κ3) is 2.30. The molecule has 0 fully saturated rings. The molecule has 0 aliphatic heterocycles. The molecule has 0 saturated heterocycles. The zero-order valence-corrected chi connectivity index (χ0v) is 11.5. The second kappa shape index (κ2) is 4.81. The van der Waals surface area contributed by atoms with Gasteiger partial charge in [-0.15, -0.1) is 11.3 Å². The average molecular weight is 277 g/mol. The molecule has 1 aliphatic rings. The summed E-state index contributed by atoms with van der Waals surface area (Å²) in [5.74, 6) is -0.680. The van der Waals surface area contributed by atoms with Gasteiger partial charge < -0.3 is 9.52 Å². The van der Waals surface area contributed by atoms with E-state index in [1.807, 2.05) is 0 Å². The van der Waals surface area contributed by atoms with Gasteiger partial charge in [0, 0.05) is 4.88 Å². The first kappa shape index (κ1) is 12.4. The molecule has 0 bridgehead atoms. The van der Waals surface area contributed by atoms with Crippen molar-refractivity contribution in [2.24, 2.45) is 0 Å². The zero-order valence-electron chi connectivity index (χ0n) is 10.7. The lowest BCUT2D eigenvalue weighted by atomic mass is 10.1. The molecule has 0 saturated carbocycles. The number of aryl methyl sites for hydroxylation is 3. The van der Waals surface area contributed by atoms with Gasteiger partial charge in [0.25, 0.3) is 0 Å². The first-order chi connectivity index (χ1) is 9.15. The fourth-order valence-electron chi connectivity index (χ4n) is 2.47. The number of oxazole rings is 1. The minimum absolute atomic E-state index is 0.0569. The van der Waals surface area contributed by atoms with Crippen LogP contribution in [0, 0.1) is 6.92 Å². The van der Waals surface area contributed by atoms with Gasteiger partial charge in [0.1, 0.15) is 0 Å². The lowest BCUT2D eigenvalue weighted by Crippen LogP contribution is -1.95. The minimum atomic E-state index is -1.06. The van der Waals surface area contributed by atoms with E-state index >= 15 is 0 Å². The fraction of sp³-hybridized carbons (Fsp3) is 0.429. The monoisotopic (exact) mass is 277 g/mol. The van der Waals surface area contributed by atoms with Gasteiger partial charge in [-0.2, -0.15) is 0 Å². The van der Waals surface area contributed by atoms with Crippen LogP contribution in [-0.4, -0.2) is 16.1 Å². The summed E-state index contributed by atoms with van der Waals surface area (Å²) in [5.41, 5.74) is 1.82. The van der Waals surface area contributed by atoms with E-state index in [-0.39, 0.29) is 5.76 Å². The van der Waals surface area contributed by atoms with Gasteiger partial charge in [-0.05, 0) is 44.2 Å². The quantitative estimate of drug-likeness (QED) is 0.850. The molecule has 0 aromatic carbocycles. The fourth-order valence-corrected chi connectivity index (χ4v) is 3.65. The molecular weight excluding hydrogens is 262 g/mol. The smallest absolute Gasteiger partial charge is 0.373 e. The van der Waals surface area contributed by atoms with Gasteiger partial charge in [0.05, 0.1) is 10.6 Å². The van der Waals surface area contributed by atoms with Crippen LogP contribution in [0.1, 0.15) is 46.0 Å². The normalized spacial score (nSPS) is 15.0. The van der Waals surface area contributed by atoms with Crippen molar-refractivity contribution in [1.82, 2.24) is 4.98 Å². The summed E-state index contributed by atoms with van der Waals surface area (Å²) in [5, 5.41) is 8.99. The highest BCUT2D eigenvalue weighted by molar-refractivity contribution is 7.15. The highest BCUT2D eigenvalue weighted by Gasteiger charge is 2.20. The van der Waals surface area contributed by atoms with E-state index < -0.39 is 5.97 Å². The number of rotatable bonds is 2. The second-order valence-electron chi connectivity index (χ2n) is 4.86. The van der Waals surface area contributed by atoms with Gasteiger partial charge in [-0.3, -0.25) is 0 Å². The molecule has 1 N–H and O–H groups in total. The third-order valence-corrected chi connectivity index (χ3v) is 4.67. The third-order valence-electron chi connectivity index (χ3n) is 3.45. The molecule has 2 aromatic rings. The lowest BCUT2D eigenvalue weighted by Gasteiger charge is -1.92. The van der Waals surface area contributed by atoms with Gasteiger partial charge in [0.2, 0.25) is 11.7 Å². The topological polar surface area (TPSA) is 63.3 Å². The number of hydrogen-bond donors (Lipinski definition) is 1. The van der Waals surface area contributed by atoms with Crippen LogP contribution in [0.25, 0.3) is 10.8 Å². The molecular formula is C14H15NO3S.